The molecular formula is C22H31F4N5O3. The molecule has 3 heterocycles. The number of nitrogens with zero attached hydrogens (tertiary/aromatic N) is 4. The first-order valence-corrected chi connectivity index (χ1v) is 12.2. The van der Waals surface area contributed by atoms with Crippen molar-refractivity contribution in [3.63, 3.8) is 0 Å². The molecule has 5 aliphatic rings. The number of hydrogen-bond donors (Lipinski definition) is 1. The number of carbonyl (C=O) groups is 2. The van der Waals surface area contributed by atoms with Gasteiger partial charge in [0.25, 0.3) is 0 Å². The molecule has 1 N–H and O–H groups in total. The summed E-state index contributed by atoms with van der Waals surface area (Å²) in [5, 5.41) is 8.04. The Balaban J connectivity index is 1.07. The Morgan fingerprint density at radius 3 is 2.38 bits per heavy atom. The zero-order valence-electron chi connectivity index (χ0n) is 18.9. The first-order chi connectivity index (χ1) is 16.2. The second-order valence-corrected chi connectivity index (χ2v) is 10.7. The maximum absolute atomic E-state index is 13.8. The summed E-state index contributed by atoms with van der Waals surface area (Å²) < 4.78 is 58.1. The smallest absolute Gasteiger partial charge is 0.409 e. The van der Waals surface area contributed by atoms with Crippen LogP contribution in [0.1, 0.15) is 38.5 Å². The molecule has 5 rings (SSSR count). The molecule has 8 nitrogen and oxygen atoms in total. The Morgan fingerprint density at radius 2 is 1.68 bits per heavy atom. The van der Waals surface area contributed by atoms with Gasteiger partial charge in [0.15, 0.2) is 0 Å². The predicted molar refractivity (Wildman–Crippen MR) is 111 cm³/mol. The van der Waals surface area contributed by atoms with Crippen LogP contribution in [0.25, 0.3) is 0 Å². The summed E-state index contributed by atoms with van der Waals surface area (Å²) in [6.45, 7) is 1.92. The van der Waals surface area contributed by atoms with Gasteiger partial charge in [0.2, 0.25) is 5.91 Å². The molecule has 12 heteroatoms. The van der Waals surface area contributed by atoms with Gasteiger partial charge < -0.3 is 14.5 Å². The zero-order chi connectivity index (χ0) is 24.0. The molecule has 3 aliphatic heterocycles. The van der Waals surface area contributed by atoms with Crippen LogP contribution < -0.4 is 5.43 Å². The first kappa shape index (κ1) is 23.6. The van der Waals surface area contributed by atoms with Gasteiger partial charge in [-0.3, -0.25) is 10.2 Å². The van der Waals surface area contributed by atoms with E-state index in [4.69, 9.17) is 4.74 Å². The second-order valence-electron chi connectivity index (χ2n) is 10.7. The van der Waals surface area contributed by atoms with E-state index in [-0.39, 0.29) is 55.2 Å². The van der Waals surface area contributed by atoms with Gasteiger partial charge in [-0.1, -0.05) is 5.22 Å². The minimum absolute atomic E-state index is 0.0113. The third-order valence-electron chi connectivity index (χ3n) is 8.30. The number of likely N-dealkylation sites (tertiary alicyclic amines) is 2. The molecule has 0 spiro atoms. The van der Waals surface area contributed by atoms with E-state index in [1.54, 1.807) is 4.90 Å². The van der Waals surface area contributed by atoms with E-state index in [9.17, 15) is 27.2 Å². The Morgan fingerprint density at radius 1 is 0.971 bits per heavy atom. The monoisotopic (exact) mass is 489 g/mol. The van der Waals surface area contributed by atoms with Crippen LogP contribution in [0.4, 0.5) is 22.4 Å². The summed E-state index contributed by atoms with van der Waals surface area (Å²) in [6, 6.07) is 0.309. The minimum atomic E-state index is -4.43. The highest BCUT2D eigenvalue weighted by Gasteiger charge is 2.47. The zero-order valence-corrected chi connectivity index (χ0v) is 18.9. The quantitative estimate of drug-likeness (QED) is 0.617. The van der Waals surface area contributed by atoms with Crippen LogP contribution >= 0.6 is 0 Å². The minimum Gasteiger partial charge on any atom is -0.449 e. The van der Waals surface area contributed by atoms with Crippen molar-refractivity contribution in [3.05, 3.63) is 0 Å². The van der Waals surface area contributed by atoms with Crippen molar-refractivity contribution in [2.75, 3.05) is 32.8 Å². The number of hydrogen-bond acceptors (Lipinski definition) is 6. The number of nitrogens with one attached hydrogen (secondary N) is 1. The van der Waals surface area contributed by atoms with Crippen LogP contribution in [0.2, 0.25) is 0 Å². The fourth-order valence-electron chi connectivity index (χ4n) is 6.46. The number of rotatable bonds is 3. The van der Waals surface area contributed by atoms with Crippen molar-refractivity contribution in [1.82, 2.24) is 15.2 Å². The molecule has 0 aromatic rings. The van der Waals surface area contributed by atoms with E-state index in [2.05, 4.69) is 15.8 Å². The highest BCUT2D eigenvalue weighted by atomic mass is 19.4. The average Bonchev–Trinajstić information content (AvgIpc) is 3.50. The van der Waals surface area contributed by atoms with Crippen LogP contribution in [0.3, 0.4) is 0 Å². The number of carbonyl (C=O) groups excluding carboxylic acids is 2. The summed E-state index contributed by atoms with van der Waals surface area (Å²) in [7, 11) is 0. The normalized spacial score (nSPS) is 39.5. The third-order valence-corrected chi connectivity index (χ3v) is 8.30. The van der Waals surface area contributed by atoms with Gasteiger partial charge in [-0.15, -0.1) is 0 Å². The van der Waals surface area contributed by atoms with E-state index in [1.807, 2.05) is 4.90 Å². The lowest BCUT2D eigenvalue weighted by Crippen LogP contribution is -2.44. The molecule has 0 radical (unpaired) electrons. The van der Waals surface area contributed by atoms with Crippen molar-refractivity contribution >= 4 is 12.0 Å². The second kappa shape index (κ2) is 9.14. The lowest BCUT2D eigenvalue weighted by molar-refractivity contribution is -0.192. The van der Waals surface area contributed by atoms with Crippen molar-refractivity contribution in [1.29, 1.82) is 0 Å². The molecule has 8 atom stereocenters. The van der Waals surface area contributed by atoms with Crippen LogP contribution in [0.15, 0.2) is 10.3 Å². The van der Waals surface area contributed by atoms with Crippen LogP contribution in [0, 0.1) is 29.6 Å². The van der Waals surface area contributed by atoms with E-state index in [0.717, 1.165) is 19.3 Å². The van der Waals surface area contributed by atoms with Crippen LogP contribution in [-0.4, -0.2) is 79.0 Å². The Labute approximate surface area is 195 Å². The Hall–Kier alpha value is -2.14. The number of halogens is 4. The number of ether oxygens (including phenoxy) is 1. The van der Waals surface area contributed by atoms with E-state index < -0.39 is 36.7 Å². The molecule has 0 aromatic carbocycles. The molecule has 4 fully saturated rings. The number of fused-ring (bicyclic) bond motifs is 2. The molecule has 2 amide bonds. The number of alkyl halides is 4. The first-order valence-electron chi connectivity index (χ1n) is 12.2. The van der Waals surface area contributed by atoms with Gasteiger partial charge in [-0.25, -0.2) is 9.18 Å². The summed E-state index contributed by atoms with van der Waals surface area (Å²) in [5.41, 5.74) is 2.99. The van der Waals surface area contributed by atoms with E-state index >= 15 is 0 Å². The molecule has 2 saturated heterocycles. The molecule has 2 saturated carbocycles. The fraction of sp³-hybridized carbons (Fsp3) is 0.909. The maximum atomic E-state index is 13.8. The third kappa shape index (κ3) is 4.82. The molecule has 2 aliphatic carbocycles. The molecular weight excluding hydrogens is 458 g/mol. The fourth-order valence-corrected chi connectivity index (χ4v) is 6.46. The van der Waals surface area contributed by atoms with E-state index in [1.165, 1.54) is 0 Å². The number of amides is 2. The average molecular weight is 490 g/mol. The molecule has 0 aromatic heterocycles. The largest absolute Gasteiger partial charge is 0.449 e. The van der Waals surface area contributed by atoms with Crippen molar-refractivity contribution in [2.45, 2.75) is 63.0 Å². The van der Waals surface area contributed by atoms with Gasteiger partial charge in [-0.2, -0.15) is 18.3 Å². The van der Waals surface area contributed by atoms with E-state index in [0.29, 0.717) is 26.2 Å². The van der Waals surface area contributed by atoms with Crippen LogP contribution in [-0.2, 0) is 9.53 Å². The van der Waals surface area contributed by atoms with Gasteiger partial charge in [0, 0.05) is 43.9 Å². The SMILES string of the molecule is O=C(OCC1CC(F)CC(C(F)(F)F)C1)N1CC2CN(C(=O)C3CCC4N=NNC4C3)CC2C1. The van der Waals surface area contributed by atoms with Crippen molar-refractivity contribution in [3.8, 4) is 0 Å². The summed E-state index contributed by atoms with van der Waals surface area (Å²) in [4.78, 5) is 29.1. The van der Waals surface area contributed by atoms with Crippen LogP contribution in [0.5, 0.6) is 0 Å². The summed E-state index contributed by atoms with van der Waals surface area (Å²) in [6.07, 6.45) is -4.86. The molecule has 8 unspecified atom stereocenters. The summed E-state index contributed by atoms with van der Waals surface area (Å²) >= 11 is 0. The predicted octanol–water partition coefficient (Wildman–Crippen LogP) is 3.34. The molecule has 0 bridgehead atoms. The lowest BCUT2D eigenvalue weighted by atomic mass is 9.80. The van der Waals surface area contributed by atoms with Gasteiger partial charge in [0.05, 0.1) is 24.6 Å². The van der Waals surface area contributed by atoms with Crippen molar-refractivity contribution < 1.29 is 31.9 Å². The van der Waals surface area contributed by atoms with Crippen molar-refractivity contribution in [2.24, 2.45) is 39.9 Å². The van der Waals surface area contributed by atoms with Gasteiger partial charge >= 0.3 is 12.3 Å². The van der Waals surface area contributed by atoms with Gasteiger partial charge in [0.1, 0.15) is 6.17 Å². The lowest BCUT2D eigenvalue weighted by Gasteiger charge is -2.33. The highest BCUT2D eigenvalue weighted by molar-refractivity contribution is 5.79. The topological polar surface area (TPSA) is 86.6 Å². The van der Waals surface area contributed by atoms with Gasteiger partial charge in [-0.05, 0) is 44.4 Å². The molecule has 190 valence electrons. The Bertz CT molecular complexity index is 813. The standard InChI is InChI=1S/C22H31F4N5O3/c23-17-4-12(3-16(6-17)22(24,25)26)11-34-21(33)31-9-14-7-30(8-15(14)10-31)20(32)13-1-2-18-19(5-13)28-29-27-18/h12-19H,1-11H2,(H,27,28). The highest BCUT2D eigenvalue weighted by Crippen LogP contribution is 2.41. The molecule has 34 heavy (non-hydrogen) atoms. The Kier molecular flexibility index (Phi) is 6.34. The summed E-state index contributed by atoms with van der Waals surface area (Å²) in [5.74, 6) is -1.85. The maximum Gasteiger partial charge on any atom is 0.409 e.